The van der Waals surface area contributed by atoms with Gasteiger partial charge in [0.15, 0.2) is 0 Å². The van der Waals surface area contributed by atoms with E-state index in [1.807, 2.05) is 0 Å². The van der Waals surface area contributed by atoms with Crippen molar-refractivity contribution in [2.24, 2.45) is 5.41 Å². The average Bonchev–Trinajstić information content (AvgIpc) is 2.03. The van der Waals surface area contributed by atoms with Gasteiger partial charge in [0.1, 0.15) is 5.84 Å². The lowest BCUT2D eigenvalue weighted by molar-refractivity contribution is 0.0641. The Morgan fingerprint density at radius 1 is 1.25 bits per heavy atom. The molecule has 1 N–H and O–H groups in total. The lowest BCUT2D eigenvalue weighted by Gasteiger charge is -2.34. The Morgan fingerprint density at radius 3 is 2.17 bits per heavy atom. The number of hydrogen-bond donors (Lipinski definition) is 1. The van der Waals surface area contributed by atoms with E-state index in [9.17, 15) is 0 Å². The van der Waals surface area contributed by atoms with E-state index in [1.165, 1.54) is 0 Å². The molecule has 1 aliphatic heterocycles. The maximum Gasteiger partial charge on any atom is 0.101 e. The van der Waals surface area contributed by atoms with Gasteiger partial charge in [-0.1, -0.05) is 20.8 Å². The van der Waals surface area contributed by atoms with E-state index in [0.29, 0.717) is 0 Å². The van der Waals surface area contributed by atoms with Crippen LogP contribution in [-0.4, -0.2) is 37.0 Å². The van der Waals surface area contributed by atoms with Gasteiger partial charge < -0.3 is 9.64 Å². The number of rotatable bonds is 0. The second-order valence-electron chi connectivity index (χ2n) is 4.20. The molecular formula is C9H18N2O. The SMILES string of the molecule is CC(C)(C)C(=N)N1CCOCC1. The highest BCUT2D eigenvalue weighted by Gasteiger charge is 2.24. The fraction of sp³-hybridized carbons (Fsp3) is 0.889. The van der Waals surface area contributed by atoms with Crippen LogP contribution in [0, 0.1) is 10.8 Å². The van der Waals surface area contributed by atoms with Gasteiger partial charge in [0.2, 0.25) is 0 Å². The largest absolute Gasteiger partial charge is 0.378 e. The number of nitrogens with zero attached hydrogens (tertiary/aromatic N) is 1. The molecule has 0 amide bonds. The Morgan fingerprint density at radius 2 is 1.75 bits per heavy atom. The smallest absolute Gasteiger partial charge is 0.101 e. The van der Waals surface area contributed by atoms with Gasteiger partial charge >= 0.3 is 0 Å². The van der Waals surface area contributed by atoms with Crippen LogP contribution in [0.5, 0.6) is 0 Å². The number of nitrogens with one attached hydrogen (secondary N) is 1. The lowest BCUT2D eigenvalue weighted by Crippen LogP contribution is -2.45. The van der Waals surface area contributed by atoms with E-state index in [-0.39, 0.29) is 5.41 Å². The summed E-state index contributed by atoms with van der Waals surface area (Å²) in [5.74, 6) is 0.728. The molecule has 0 aromatic rings. The summed E-state index contributed by atoms with van der Waals surface area (Å²) in [7, 11) is 0. The first-order chi connectivity index (χ1) is 5.52. The molecular weight excluding hydrogens is 152 g/mol. The molecule has 1 saturated heterocycles. The highest BCUT2D eigenvalue weighted by molar-refractivity contribution is 5.84. The first-order valence-electron chi connectivity index (χ1n) is 4.43. The van der Waals surface area contributed by atoms with Gasteiger partial charge in [-0.15, -0.1) is 0 Å². The van der Waals surface area contributed by atoms with Gasteiger partial charge in [-0.25, -0.2) is 0 Å². The van der Waals surface area contributed by atoms with Crippen molar-refractivity contribution in [2.75, 3.05) is 26.3 Å². The predicted molar refractivity (Wildman–Crippen MR) is 49.6 cm³/mol. The van der Waals surface area contributed by atoms with Crippen molar-refractivity contribution in [3.8, 4) is 0 Å². The van der Waals surface area contributed by atoms with E-state index in [4.69, 9.17) is 10.1 Å². The summed E-state index contributed by atoms with van der Waals surface area (Å²) in [5.41, 5.74) is -0.0304. The Labute approximate surface area is 74.2 Å². The second kappa shape index (κ2) is 3.44. The van der Waals surface area contributed by atoms with Crippen molar-refractivity contribution in [3.05, 3.63) is 0 Å². The molecule has 0 spiro atoms. The summed E-state index contributed by atoms with van der Waals surface area (Å²) in [6.45, 7) is 9.49. The van der Waals surface area contributed by atoms with E-state index in [1.54, 1.807) is 0 Å². The number of morpholine rings is 1. The van der Waals surface area contributed by atoms with E-state index in [0.717, 1.165) is 32.1 Å². The van der Waals surface area contributed by atoms with Crippen LogP contribution in [0.2, 0.25) is 0 Å². The van der Waals surface area contributed by atoms with Crippen LogP contribution in [-0.2, 0) is 4.74 Å². The fourth-order valence-corrected chi connectivity index (χ4v) is 1.26. The van der Waals surface area contributed by atoms with Crippen LogP contribution in [0.15, 0.2) is 0 Å². The highest BCUT2D eigenvalue weighted by Crippen LogP contribution is 2.18. The van der Waals surface area contributed by atoms with E-state index in [2.05, 4.69) is 25.7 Å². The summed E-state index contributed by atoms with van der Waals surface area (Å²) < 4.78 is 5.22. The molecule has 0 unspecified atom stereocenters. The minimum Gasteiger partial charge on any atom is -0.378 e. The summed E-state index contributed by atoms with van der Waals surface area (Å²) in [4.78, 5) is 2.10. The summed E-state index contributed by atoms with van der Waals surface area (Å²) in [6.07, 6.45) is 0. The predicted octanol–water partition coefficient (Wildman–Crippen LogP) is 1.34. The minimum atomic E-state index is -0.0304. The molecule has 0 bridgehead atoms. The molecule has 0 radical (unpaired) electrons. The van der Waals surface area contributed by atoms with Gasteiger partial charge in [0, 0.05) is 18.5 Å². The minimum absolute atomic E-state index is 0.0304. The van der Waals surface area contributed by atoms with Gasteiger partial charge in [0.25, 0.3) is 0 Å². The molecule has 0 aliphatic carbocycles. The Kier molecular flexibility index (Phi) is 2.73. The quantitative estimate of drug-likeness (QED) is 0.440. The molecule has 1 aliphatic rings. The van der Waals surface area contributed by atoms with Gasteiger partial charge in [-0.2, -0.15) is 0 Å². The summed E-state index contributed by atoms with van der Waals surface area (Å²) in [6, 6.07) is 0. The lowest BCUT2D eigenvalue weighted by atomic mass is 9.94. The zero-order valence-corrected chi connectivity index (χ0v) is 8.18. The van der Waals surface area contributed by atoms with Gasteiger partial charge in [0.05, 0.1) is 13.2 Å². The van der Waals surface area contributed by atoms with Gasteiger partial charge in [-0.05, 0) is 0 Å². The summed E-state index contributed by atoms with van der Waals surface area (Å²) in [5, 5.41) is 7.90. The molecule has 0 aromatic heterocycles. The number of hydrogen-bond acceptors (Lipinski definition) is 2. The third kappa shape index (κ3) is 2.21. The third-order valence-electron chi connectivity index (χ3n) is 2.04. The number of amidine groups is 1. The van der Waals surface area contributed by atoms with Crippen LogP contribution in [0.4, 0.5) is 0 Å². The monoisotopic (exact) mass is 170 g/mol. The number of ether oxygens (including phenoxy) is 1. The average molecular weight is 170 g/mol. The van der Waals surface area contributed by atoms with Crippen molar-refractivity contribution in [1.82, 2.24) is 4.90 Å². The molecule has 3 heteroatoms. The third-order valence-corrected chi connectivity index (χ3v) is 2.04. The molecule has 0 aromatic carbocycles. The first kappa shape index (κ1) is 9.52. The highest BCUT2D eigenvalue weighted by atomic mass is 16.5. The molecule has 3 nitrogen and oxygen atoms in total. The molecule has 12 heavy (non-hydrogen) atoms. The molecule has 1 heterocycles. The van der Waals surface area contributed by atoms with Crippen LogP contribution in [0.1, 0.15) is 20.8 Å². The molecule has 0 saturated carbocycles. The molecule has 1 rings (SSSR count). The second-order valence-corrected chi connectivity index (χ2v) is 4.20. The Balaban J connectivity index is 2.51. The van der Waals surface area contributed by atoms with Crippen LogP contribution in [0.3, 0.4) is 0 Å². The van der Waals surface area contributed by atoms with Crippen molar-refractivity contribution >= 4 is 5.84 Å². The van der Waals surface area contributed by atoms with Crippen molar-refractivity contribution in [1.29, 1.82) is 5.41 Å². The summed E-state index contributed by atoms with van der Waals surface area (Å²) >= 11 is 0. The Bertz CT molecular complexity index is 166. The van der Waals surface area contributed by atoms with Crippen molar-refractivity contribution in [3.63, 3.8) is 0 Å². The van der Waals surface area contributed by atoms with E-state index < -0.39 is 0 Å². The molecule has 1 fully saturated rings. The van der Waals surface area contributed by atoms with Crippen LogP contribution in [0.25, 0.3) is 0 Å². The van der Waals surface area contributed by atoms with Crippen molar-refractivity contribution in [2.45, 2.75) is 20.8 Å². The zero-order valence-electron chi connectivity index (χ0n) is 8.18. The zero-order chi connectivity index (χ0) is 9.19. The molecule has 0 atom stereocenters. The van der Waals surface area contributed by atoms with Crippen LogP contribution < -0.4 is 0 Å². The van der Waals surface area contributed by atoms with Crippen LogP contribution >= 0.6 is 0 Å². The molecule has 70 valence electrons. The Hall–Kier alpha value is -0.570. The standard InChI is InChI=1S/C9H18N2O/c1-9(2,3)8(10)11-4-6-12-7-5-11/h10H,4-7H2,1-3H3. The fourth-order valence-electron chi connectivity index (χ4n) is 1.26. The maximum atomic E-state index is 7.90. The first-order valence-corrected chi connectivity index (χ1v) is 4.43. The van der Waals surface area contributed by atoms with E-state index >= 15 is 0 Å². The topological polar surface area (TPSA) is 36.3 Å². The normalized spacial score (nSPS) is 19.4. The van der Waals surface area contributed by atoms with Crippen molar-refractivity contribution < 1.29 is 4.74 Å². The maximum absolute atomic E-state index is 7.90. The van der Waals surface area contributed by atoms with Gasteiger partial charge in [-0.3, -0.25) is 5.41 Å².